The quantitative estimate of drug-likeness (QED) is 0.154. The maximum absolute atomic E-state index is 9.76. The summed E-state index contributed by atoms with van der Waals surface area (Å²) in [4.78, 5) is 4.01. The van der Waals surface area contributed by atoms with Crippen LogP contribution in [0, 0.1) is 52.5 Å². The molecule has 0 aliphatic rings. The molecule has 0 N–H and O–H groups in total. The predicted molar refractivity (Wildman–Crippen MR) is 272 cm³/mol. The van der Waals surface area contributed by atoms with E-state index in [1.54, 1.807) is 0 Å². The van der Waals surface area contributed by atoms with Crippen molar-refractivity contribution in [3.05, 3.63) is 221 Å². The van der Waals surface area contributed by atoms with Crippen molar-refractivity contribution in [3.63, 3.8) is 0 Å². The van der Waals surface area contributed by atoms with Crippen LogP contribution < -0.4 is 0 Å². The Labute approximate surface area is 379 Å². The largest absolute Gasteiger partial charge is 0.309 e. The van der Waals surface area contributed by atoms with Gasteiger partial charge < -0.3 is 9.13 Å². The number of rotatable bonds is 6. The molecule has 0 aliphatic carbocycles. The standard InChI is InChI=1S/C61H44N4/c1-37-25-38(2)28-46(27-37)43-17-22-58-53(32-43)50-11-7-9-13-56(50)64(58)60-24-19-48(63-6)35-55(60)52-21-16-45(49-20-15-42(36-62)31-41(49)5)34-61(52)65-57-14-10-8-12-51(57)54-33-44(18-23-59(54)65)47-29-39(3)26-40(4)30-47/h7-35H,1-5H3. The lowest BCUT2D eigenvalue weighted by molar-refractivity contribution is 1.16. The minimum absolute atomic E-state index is 0.569. The summed E-state index contributed by atoms with van der Waals surface area (Å²) in [5, 5.41) is 14.4. The number of hydrogen-bond acceptors (Lipinski definition) is 1. The Hall–Kier alpha value is -8.44. The van der Waals surface area contributed by atoms with E-state index in [2.05, 4.69) is 212 Å². The first kappa shape index (κ1) is 39.4. The molecule has 9 aromatic carbocycles. The van der Waals surface area contributed by atoms with E-state index in [1.165, 1.54) is 60.7 Å². The lowest BCUT2D eigenvalue weighted by Crippen LogP contribution is -2.02. The van der Waals surface area contributed by atoms with Gasteiger partial charge >= 0.3 is 0 Å². The van der Waals surface area contributed by atoms with Crippen LogP contribution in [0.3, 0.4) is 0 Å². The maximum Gasteiger partial charge on any atom is 0.188 e. The molecule has 0 bridgehead atoms. The number of aryl methyl sites for hydroxylation is 5. The summed E-state index contributed by atoms with van der Waals surface area (Å²) >= 11 is 0. The van der Waals surface area contributed by atoms with Crippen molar-refractivity contribution < 1.29 is 0 Å². The van der Waals surface area contributed by atoms with Gasteiger partial charge in [0.15, 0.2) is 5.69 Å². The van der Waals surface area contributed by atoms with Crippen LogP contribution in [0.25, 0.3) is 104 Å². The molecule has 11 aromatic rings. The summed E-state index contributed by atoms with van der Waals surface area (Å²) in [6.07, 6.45) is 0. The van der Waals surface area contributed by atoms with Crippen molar-refractivity contribution in [2.24, 2.45) is 0 Å². The van der Waals surface area contributed by atoms with Crippen LogP contribution in [-0.2, 0) is 0 Å². The van der Waals surface area contributed by atoms with E-state index in [9.17, 15) is 5.26 Å². The smallest absolute Gasteiger partial charge is 0.188 e. The summed E-state index contributed by atoms with van der Waals surface area (Å²) in [7, 11) is 0. The van der Waals surface area contributed by atoms with Crippen LogP contribution in [0.2, 0.25) is 0 Å². The van der Waals surface area contributed by atoms with E-state index in [0.29, 0.717) is 11.3 Å². The molecule has 0 unspecified atom stereocenters. The molecule has 11 rings (SSSR count). The molecule has 0 aliphatic heterocycles. The monoisotopic (exact) mass is 832 g/mol. The molecular formula is C61H44N4. The fourth-order valence-corrected chi connectivity index (χ4v) is 10.3. The Balaban J connectivity index is 1.21. The van der Waals surface area contributed by atoms with Crippen molar-refractivity contribution in [3.8, 4) is 62.0 Å². The highest BCUT2D eigenvalue weighted by Gasteiger charge is 2.22. The van der Waals surface area contributed by atoms with Gasteiger partial charge in [-0.15, -0.1) is 0 Å². The SMILES string of the molecule is [C-]#[N+]c1ccc(-n2c3ccccc3c3cc(-c4cc(C)cc(C)c4)ccc32)c(-c2ccc(-c3ccc(C#N)cc3C)cc2-n2c3ccccc3c3cc(-c4cc(C)cc(C)c4)ccc32)c1. The normalized spacial score (nSPS) is 11.4. The Bertz CT molecular complexity index is 3820. The molecule has 65 heavy (non-hydrogen) atoms. The fourth-order valence-electron chi connectivity index (χ4n) is 10.3. The van der Waals surface area contributed by atoms with Crippen molar-refractivity contribution in [2.45, 2.75) is 34.6 Å². The summed E-state index contributed by atoms with van der Waals surface area (Å²) < 4.78 is 4.79. The average Bonchev–Trinajstić information content (AvgIpc) is 3.82. The van der Waals surface area contributed by atoms with Crippen LogP contribution in [0.1, 0.15) is 33.4 Å². The van der Waals surface area contributed by atoms with E-state index < -0.39 is 0 Å². The van der Waals surface area contributed by atoms with Gasteiger partial charge in [-0.1, -0.05) is 131 Å². The Kier molecular flexibility index (Phi) is 9.35. The molecule has 0 saturated carbocycles. The molecule has 308 valence electrons. The number of nitrogens with zero attached hydrogens (tertiary/aromatic N) is 4. The van der Waals surface area contributed by atoms with Crippen molar-refractivity contribution in [1.29, 1.82) is 5.26 Å². The highest BCUT2D eigenvalue weighted by atomic mass is 15.0. The second-order valence-corrected chi connectivity index (χ2v) is 17.6. The van der Waals surface area contributed by atoms with Crippen molar-refractivity contribution in [2.75, 3.05) is 0 Å². The minimum Gasteiger partial charge on any atom is -0.309 e. The highest BCUT2D eigenvalue weighted by Crippen LogP contribution is 2.44. The van der Waals surface area contributed by atoms with Gasteiger partial charge in [0.1, 0.15) is 0 Å². The number of hydrogen-bond donors (Lipinski definition) is 0. The van der Waals surface area contributed by atoms with Crippen molar-refractivity contribution in [1.82, 2.24) is 9.13 Å². The predicted octanol–water partition coefficient (Wildman–Crippen LogP) is 16.5. The van der Waals surface area contributed by atoms with Crippen LogP contribution in [-0.4, -0.2) is 9.13 Å². The number of para-hydroxylation sites is 2. The summed E-state index contributed by atoms with van der Waals surface area (Å²) in [6.45, 7) is 19.0. The van der Waals surface area contributed by atoms with Crippen LogP contribution in [0.5, 0.6) is 0 Å². The van der Waals surface area contributed by atoms with Gasteiger partial charge in [-0.05, 0) is 146 Å². The molecule has 4 heteroatoms. The molecule has 0 atom stereocenters. The zero-order valence-electron chi connectivity index (χ0n) is 37.0. The topological polar surface area (TPSA) is 38.0 Å². The first-order valence-corrected chi connectivity index (χ1v) is 22.1. The first-order valence-electron chi connectivity index (χ1n) is 22.1. The lowest BCUT2D eigenvalue weighted by Gasteiger charge is -2.20. The molecule has 0 spiro atoms. The number of nitriles is 1. The second-order valence-electron chi connectivity index (χ2n) is 17.6. The molecule has 0 radical (unpaired) electrons. The first-order chi connectivity index (χ1) is 31.6. The van der Waals surface area contributed by atoms with E-state index in [4.69, 9.17) is 6.57 Å². The number of aromatic nitrogens is 2. The van der Waals surface area contributed by atoms with Crippen LogP contribution in [0.4, 0.5) is 5.69 Å². The third-order valence-corrected chi connectivity index (χ3v) is 13.0. The van der Waals surface area contributed by atoms with Gasteiger partial charge in [0.25, 0.3) is 0 Å². The number of benzene rings is 9. The van der Waals surface area contributed by atoms with Gasteiger partial charge in [0.2, 0.25) is 0 Å². The van der Waals surface area contributed by atoms with E-state index >= 15 is 0 Å². The Morgan fingerprint density at radius 3 is 1.45 bits per heavy atom. The molecule has 2 aromatic heterocycles. The summed E-state index contributed by atoms with van der Waals surface area (Å²) in [5.74, 6) is 0. The lowest BCUT2D eigenvalue weighted by atomic mass is 9.93. The van der Waals surface area contributed by atoms with E-state index in [-0.39, 0.29) is 0 Å². The van der Waals surface area contributed by atoms with Gasteiger partial charge in [0, 0.05) is 27.1 Å². The molecule has 4 nitrogen and oxygen atoms in total. The summed E-state index contributed by atoms with van der Waals surface area (Å²) in [5.41, 5.74) is 22.4. The Morgan fingerprint density at radius 2 is 0.908 bits per heavy atom. The zero-order valence-corrected chi connectivity index (χ0v) is 37.0. The molecule has 0 amide bonds. The molecular weight excluding hydrogens is 789 g/mol. The van der Waals surface area contributed by atoms with Gasteiger partial charge in [-0.25, -0.2) is 4.85 Å². The second kappa shape index (κ2) is 15.4. The van der Waals surface area contributed by atoms with Crippen molar-refractivity contribution >= 4 is 49.3 Å². The average molecular weight is 833 g/mol. The zero-order chi connectivity index (χ0) is 44.5. The number of fused-ring (bicyclic) bond motifs is 6. The van der Waals surface area contributed by atoms with Gasteiger partial charge in [-0.2, -0.15) is 5.26 Å². The van der Waals surface area contributed by atoms with E-state index in [0.717, 1.165) is 66.6 Å². The highest BCUT2D eigenvalue weighted by molar-refractivity contribution is 6.13. The third kappa shape index (κ3) is 6.67. The van der Waals surface area contributed by atoms with E-state index in [1.807, 2.05) is 18.2 Å². The summed E-state index contributed by atoms with van der Waals surface area (Å²) in [6, 6.07) is 65.6. The van der Waals surface area contributed by atoms with Crippen LogP contribution >= 0.6 is 0 Å². The Morgan fingerprint density at radius 1 is 0.400 bits per heavy atom. The molecule has 2 heterocycles. The third-order valence-electron chi connectivity index (χ3n) is 13.0. The minimum atomic E-state index is 0.569. The van der Waals surface area contributed by atoms with Gasteiger partial charge in [-0.3, -0.25) is 0 Å². The van der Waals surface area contributed by atoms with Gasteiger partial charge in [0.05, 0.1) is 51.6 Å². The molecule has 0 saturated heterocycles. The molecule has 0 fully saturated rings. The maximum atomic E-state index is 9.76. The van der Waals surface area contributed by atoms with Crippen LogP contribution in [0.15, 0.2) is 176 Å². The fraction of sp³-hybridized carbons (Fsp3) is 0.0820.